The highest BCUT2D eigenvalue weighted by atomic mass is 16.3. The van der Waals surface area contributed by atoms with Crippen molar-refractivity contribution >= 4 is 0 Å². The third-order valence-corrected chi connectivity index (χ3v) is 3.40. The lowest BCUT2D eigenvalue weighted by molar-refractivity contribution is 0.0584. The van der Waals surface area contributed by atoms with E-state index >= 15 is 0 Å². The van der Waals surface area contributed by atoms with Gasteiger partial charge in [-0.05, 0) is 30.9 Å². The second-order valence-corrected chi connectivity index (χ2v) is 4.53. The van der Waals surface area contributed by atoms with Gasteiger partial charge in [-0.15, -0.1) is 0 Å². The molecule has 2 aromatic rings. The first kappa shape index (κ1) is 10.5. The van der Waals surface area contributed by atoms with Gasteiger partial charge in [0.05, 0.1) is 11.9 Å². The van der Waals surface area contributed by atoms with E-state index in [4.69, 9.17) is 0 Å². The van der Waals surface area contributed by atoms with Gasteiger partial charge in [0.25, 0.3) is 0 Å². The molecule has 3 rings (SSSR count). The summed E-state index contributed by atoms with van der Waals surface area (Å²) in [5.41, 5.74) is 1.60. The average molecular weight is 229 g/mol. The van der Waals surface area contributed by atoms with E-state index in [1.807, 2.05) is 30.3 Å². The highest BCUT2D eigenvalue weighted by Gasteiger charge is 2.28. The SMILES string of the molecule is OC(c1cnn(-c2ccccc2)n1)C1CCC1. The molecule has 1 unspecified atom stereocenters. The number of rotatable bonds is 3. The molecule has 1 saturated carbocycles. The van der Waals surface area contributed by atoms with Crippen LogP contribution in [0.5, 0.6) is 0 Å². The Morgan fingerprint density at radius 2 is 2.00 bits per heavy atom. The quantitative estimate of drug-likeness (QED) is 0.876. The maximum atomic E-state index is 10.1. The van der Waals surface area contributed by atoms with Gasteiger partial charge in [-0.2, -0.15) is 15.0 Å². The van der Waals surface area contributed by atoms with Crippen LogP contribution in [0, 0.1) is 5.92 Å². The number of aromatic nitrogens is 3. The molecule has 0 bridgehead atoms. The molecule has 1 heterocycles. The van der Waals surface area contributed by atoms with Crippen LogP contribution in [0.15, 0.2) is 36.5 Å². The molecule has 0 aliphatic heterocycles. The Hall–Kier alpha value is -1.68. The number of hydrogen-bond acceptors (Lipinski definition) is 3. The summed E-state index contributed by atoms with van der Waals surface area (Å²) in [6.45, 7) is 0. The number of aliphatic hydroxyl groups is 1. The molecule has 0 radical (unpaired) electrons. The van der Waals surface area contributed by atoms with E-state index in [1.54, 1.807) is 11.0 Å². The molecule has 1 aliphatic rings. The van der Waals surface area contributed by atoms with Crippen molar-refractivity contribution in [1.82, 2.24) is 15.0 Å². The molecular weight excluding hydrogens is 214 g/mol. The van der Waals surface area contributed by atoms with Crippen LogP contribution in [0.4, 0.5) is 0 Å². The molecule has 0 amide bonds. The minimum atomic E-state index is -0.457. The van der Waals surface area contributed by atoms with E-state index in [2.05, 4.69) is 10.2 Å². The second kappa shape index (κ2) is 4.30. The molecule has 1 aromatic carbocycles. The van der Waals surface area contributed by atoms with Crippen LogP contribution in [0.3, 0.4) is 0 Å². The van der Waals surface area contributed by atoms with E-state index in [0.29, 0.717) is 11.6 Å². The van der Waals surface area contributed by atoms with Crippen LogP contribution in [0.25, 0.3) is 5.69 Å². The summed E-state index contributed by atoms with van der Waals surface area (Å²) in [6.07, 6.45) is 4.62. The second-order valence-electron chi connectivity index (χ2n) is 4.53. The molecule has 1 aliphatic carbocycles. The van der Waals surface area contributed by atoms with Crippen molar-refractivity contribution < 1.29 is 5.11 Å². The first-order valence-electron chi connectivity index (χ1n) is 6.00. The van der Waals surface area contributed by atoms with E-state index in [1.165, 1.54) is 6.42 Å². The van der Waals surface area contributed by atoms with Crippen molar-refractivity contribution in [3.8, 4) is 5.69 Å². The zero-order chi connectivity index (χ0) is 11.7. The van der Waals surface area contributed by atoms with E-state index in [-0.39, 0.29) is 0 Å². The van der Waals surface area contributed by atoms with E-state index in [0.717, 1.165) is 18.5 Å². The zero-order valence-electron chi connectivity index (χ0n) is 9.53. The van der Waals surface area contributed by atoms with Crippen LogP contribution in [-0.4, -0.2) is 20.1 Å². The van der Waals surface area contributed by atoms with Crippen molar-refractivity contribution in [2.24, 2.45) is 5.92 Å². The predicted octanol–water partition coefficient (Wildman–Crippen LogP) is 2.10. The number of aliphatic hydroxyl groups excluding tert-OH is 1. The van der Waals surface area contributed by atoms with Crippen molar-refractivity contribution in [1.29, 1.82) is 0 Å². The van der Waals surface area contributed by atoms with Crippen LogP contribution in [0.1, 0.15) is 31.1 Å². The molecular formula is C13H15N3O. The highest BCUT2D eigenvalue weighted by molar-refractivity contribution is 5.28. The molecule has 1 N–H and O–H groups in total. The Morgan fingerprint density at radius 3 is 2.65 bits per heavy atom. The molecule has 1 fully saturated rings. The summed E-state index contributed by atoms with van der Waals surface area (Å²) in [6, 6.07) is 9.73. The van der Waals surface area contributed by atoms with Crippen molar-refractivity contribution in [2.45, 2.75) is 25.4 Å². The Labute approximate surface area is 99.9 Å². The predicted molar refractivity (Wildman–Crippen MR) is 63.7 cm³/mol. The lowest BCUT2D eigenvalue weighted by atomic mass is 9.80. The fourth-order valence-electron chi connectivity index (χ4n) is 2.09. The van der Waals surface area contributed by atoms with Crippen LogP contribution >= 0.6 is 0 Å². The summed E-state index contributed by atoms with van der Waals surface area (Å²) in [5.74, 6) is 0.371. The minimum Gasteiger partial charge on any atom is -0.386 e. The number of benzene rings is 1. The third-order valence-electron chi connectivity index (χ3n) is 3.40. The number of para-hydroxylation sites is 1. The first-order chi connectivity index (χ1) is 8.34. The zero-order valence-corrected chi connectivity index (χ0v) is 9.53. The maximum absolute atomic E-state index is 10.1. The Morgan fingerprint density at radius 1 is 1.24 bits per heavy atom. The van der Waals surface area contributed by atoms with Crippen molar-refractivity contribution in [2.75, 3.05) is 0 Å². The van der Waals surface area contributed by atoms with Gasteiger partial charge in [0.2, 0.25) is 0 Å². The molecule has 1 aromatic heterocycles. The summed E-state index contributed by atoms with van der Waals surface area (Å²) >= 11 is 0. The Balaban J connectivity index is 1.82. The fourth-order valence-corrected chi connectivity index (χ4v) is 2.09. The maximum Gasteiger partial charge on any atom is 0.112 e. The standard InChI is InChI=1S/C13H15N3O/c17-13(10-5-4-6-10)12-9-14-16(15-12)11-7-2-1-3-8-11/h1-3,7-10,13,17H,4-6H2. The topological polar surface area (TPSA) is 50.9 Å². The van der Waals surface area contributed by atoms with E-state index in [9.17, 15) is 5.11 Å². The molecule has 0 saturated heterocycles. The smallest absolute Gasteiger partial charge is 0.112 e. The van der Waals surface area contributed by atoms with Gasteiger partial charge in [0.1, 0.15) is 11.8 Å². The van der Waals surface area contributed by atoms with Gasteiger partial charge < -0.3 is 5.11 Å². The molecule has 1 atom stereocenters. The lowest BCUT2D eigenvalue weighted by Crippen LogP contribution is -2.20. The highest BCUT2D eigenvalue weighted by Crippen LogP contribution is 2.36. The monoisotopic (exact) mass is 229 g/mol. The van der Waals surface area contributed by atoms with Gasteiger partial charge >= 0.3 is 0 Å². The van der Waals surface area contributed by atoms with Gasteiger partial charge in [0.15, 0.2) is 0 Å². The van der Waals surface area contributed by atoms with Gasteiger partial charge in [0, 0.05) is 0 Å². The summed E-state index contributed by atoms with van der Waals surface area (Å²) in [4.78, 5) is 1.57. The van der Waals surface area contributed by atoms with E-state index < -0.39 is 6.10 Å². The Kier molecular flexibility index (Phi) is 2.65. The lowest BCUT2D eigenvalue weighted by Gasteiger charge is -2.28. The molecule has 4 heteroatoms. The minimum absolute atomic E-state index is 0.371. The first-order valence-corrected chi connectivity index (χ1v) is 6.00. The fraction of sp³-hybridized carbons (Fsp3) is 0.385. The molecule has 0 spiro atoms. The molecule has 4 nitrogen and oxygen atoms in total. The summed E-state index contributed by atoms with van der Waals surface area (Å²) < 4.78 is 0. The normalized spacial score (nSPS) is 17.7. The summed E-state index contributed by atoms with van der Waals surface area (Å²) in [5, 5.41) is 18.6. The summed E-state index contributed by atoms with van der Waals surface area (Å²) in [7, 11) is 0. The average Bonchev–Trinajstić information content (AvgIpc) is 2.77. The number of nitrogens with zero attached hydrogens (tertiary/aromatic N) is 3. The number of hydrogen-bond donors (Lipinski definition) is 1. The van der Waals surface area contributed by atoms with Crippen LogP contribution in [-0.2, 0) is 0 Å². The van der Waals surface area contributed by atoms with Crippen molar-refractivity contribution in [3.05, 3.63) is 42.2 Å². The third kappa shape index (κ3) is 1.96. The Bertz CT molecular complexity index is 490. The van der Waals surface area contributed by atoms with Crippen molar-refractivity contribution in [3.63, 3.8) is 0 Å². The largest absolute Gasteiger partial charge is 0.386 e. The van der Waals surface area contributed by atoms with Gasteiger partial charge in [-0.3, -0.25) is 0 Å². The van der Waals surface area contributed by atoms with Gasteiger partial charge in [-0.25, -0.2) is 0 Å². The molecule has 17 heavy (non-hydrogen) atoms. The van der Waals surface area contributed by atoms with Crippen LogP contribution in [0.2, 0.25) is 0 Å². The molecule has 88 valence electrons. The van der Waals surface area contributed by atoms with Crippen LogP contribution < -0.4 is 0 Å². The van der Waals surface area contributed by atoms with Gasteiger partial charge in [-0.1, -0.05) is 24.6 Å².